The molecule has 0 atom stereocenters. The summed E-state index contributed by atoms with van der Waals surface area (Å²) in [4.78, 5) is 11.9. The molecule has 0 fully saturated rings. The summed E-state index contributed by atoms with van der Waals surface area (Å²) in [5.41, 5.74) is 1.52. The number of ketones is 1. The van der Waals surface area contributed by atoms with Gasteiger partial charge in [0.1, 0.15) is 5.75 Å². The van der Waals surface area contributed by atoms with Crippen LogP contribution in [0.15, 0.2) is 42.7 Å². The third-order valence-corrected chi connectivity index (χ3v) is 2.59. The maximum atomic E-state index is 11.9. The van der Waals surface area contributed by atoms with Crippen LogP contribution in [0.3, 0.4) is 0 Å². The van der Waals surface area contributed by atoms with Gasteiger partial charge in [-0.2, -0.15) is 5.10 Å². The Hall–Kier alpha value is -2.36. The summed E-state index contributed by atoms with van der Waals surface area (Å²) < 4.78 is 7.02. The van der Waals surface area contributed by atoms with Crippen LogP contribution in [0, 0.1) is 0 Å². The maximum Gasteiger partial charge on any atom is 0.189 e. The molecule has 19 heavy (non-hydrogen) atoms. The Morgan fingerprint density at radius 2 is 2.32 bits per heavy atom. The molecule has 1 aromatic carbocycles. The number of benzene rings is 1. The minimum absolute atomic E-state index is 0.0603. The van der Waals surface area contributed by atoms with Crippen molar-refractivity contribution in [1.29, 1.82) is 0 Å². The van der Waals surface area contributed by atoms with Gasteiger partial charge in [0.25, 0.3) is 0 Å². The Morgan fingerprint density at radius 3 is 3.00 bits per heavy atom. The number of carbonyl (C=O) groups is 1. The van der Waals surface area contributed by atoms with Crippen LogP contribution in [0.4, 0.5) is 0 Å². The highest BCUT2D eigenvalue weighted by atomic mass is 16.5. The fraction of sp³-hybridized carbons (Fsp3) is 0.200. The molecule has 0 unspecified atom stereocenters. The van der Waals surface area contributed by atoms with Gasteiger partial charge in [-0.25, -0.2) is 0 Å². The molecule has 1 heterocycles. The van der Waals surface area contributed by atoms with Crippen molar-refractivity contribution in [1.82, 2.24) is 9.78 Å². The lowest BCUT2D eigenvalue weighted by Crippen LogP contribution is -1.93. The van der Waals surface area contributed by atoms with E-state index in [1.165, 1.54) is 0 Å². The van der Waals surface area contributed by atoms with Crippen LogP contribution < -0.4 is 4.74 Å². The molecule has 4 heteroatoms. The first-order valence-corrected chi connectivity index (χ1v) is 6.13. The molecule has 98 valence electrons. The summed E-state index contributed by atoms with van der Waals surface area (Å²) in [6.45, 7) is 2.57. The minimum Gasteiger partial charge on any atom is -0.494 e. The molecule has 0 aliphatic heterocycles. The van der Waals surface area contributed by atoms with Crippen LogP contribution >= 0.6 is 0 Å². The van der Waals surface area contributed by atoms with Crippen LogP contribution in [-0.2, 0) is 7.05 Å². The summed E-state index contributed by atoms with van der Waals surface area (Å²) in [6, 6.07) is 7.62. The van der Waals surface area contributed by atoms with Crippen LogP contribution in [0.1, 0.15) is 22.8 Å². The number of allylic oxidation sites excluding steroid dienone is 1. The fourth-order valence-corrected chi connectivity index (χ4v) is 1.69. The zero-order chi connectivity index (χ0) is 13.7. The molecule has 1 aromatic heterocycles. The first-order chi connectivity index (χ1) is 9.19. The van der Waals surface area contributed by atoms with Gasteiger partial charge in [-0.15, -0.1) is 0 Å². The van der Waals surface area contributed by atoms with Gasteiger partial charge < -0.3 is 4.74 Å². The Labute approximate surface area is 112 Å². The molecule has 0 aliphatic carbocycles. The highest BCUT2D eigenvalue weighted by molar-refractivity contribution is 6.06. The number of aromatic nitrogens is 2. The number of ether oxygens (including phenoxy) is 1. The second-order valence-electron chi connectivity index (χ2n) is 4.11. The highest BCUT2D eigenvalue weighted by Crippen LogP contribution is 2.14. The smallest absolute Gasteiger partial charge is 0.189 e. The molecule has 0 saturated heterocycles. The second-order valence-corrected chi connectivity index (χ2v) is 4.11. The van der Waals surface area contributed by atoms with Crippen molar-refractivity contribution >= 4 is 11.9 Å². The van der Waals surface area contributed by atoms with E-state index in [-0.39, 0.29) is 5.78 Å². The number of nitrogens with zero attached hydrogens (tertiary/aromatic N) is 2. The number of rotatable bonds is 5. The zero-order valence-electron chi connectivity index (χ0n) is 11.0. The number of hydrogen-bond acceptors (Lipinski definition) is 3. The average Bonchev–Trinajstić information content (AvgIpc) is 2.84. The van der Waals surface area contributed by atoms with Crippen molar-refractivity contribution in [2.45, 2.75) is 6.92 Å². The van der Waals surface area contributed by atoms with E-state index in [9.17, 15) is 4.79 Å². The van der Waals surface area contributed by atoms with Gasteiger partial charge in [0, 0.05) is 13.2 Å². The number of carbonyl (C=O) groups excluding carboxylic acids is 1. The van der Waals surface area contributed by atoms with Crippen LogP contribution in [0.25, 0.3) is 6.08 Å². The molecule has 0 spiro atoms. The van der Waals surface area contributed by atoms with Crippen molar-refractivity contribution < 1.29 is 9.53 Å². The molecular formula is C15H16N2O2. The molecule has 0 aliphatic rings. The predicted molar refractivity (Wildman–Crippen MR) is 74.2 cm³/mol. The summed E-state index contributed by atoms with van der Waals surface area (Å²) >= 11 is 0. The third kappa shape index (κ3) is 3.55. The standard InChI is InChI=1S/C15H16N2O2/c1-3-19-14-6-4-5-12(9-14)7-8-15(18)13-10-16-17(2)11-13/h4-11H,3H2,1-2H3. The quantitative estimate of drug-likeness (QED) is 0.610. The Kier molecular flexibility index (Phi) is 4.13. The molecule has 0 radical (unpaired) electrons. The van der Waals surface area contributed by atoms with Crippen LogP contribution in [-0.4, -0.2) is 22.2 Å². The largest absolute Gasteiger partial charge is 0.494 e. The molecule has 0 bridgehead atoms. The maximum absolute atomic E-state index is 11.9. The lowest BCUT2D eigenvalue weighted by atomic mass is 10.1. The molecule has 0 amide bonds. The van der Waals surface area contributed by atoms with Crippen molar-refractivity contribution in [3.8, 4) is 5.75 Å². The lowest BCUT2D eigenvalue weighted by molar-refractivity contribution is 0.104. The van der Waals surface area contributed by atoms with Gasteiger partial charge in [0.15, 0.2) is 5.78 Å². The van der Waals surface area contributed by atoms with E-state index in [4.69, 9.17) is 4.74 Å². The summed E-state index contributed by atoms with van der Waals surface area (Å²) in [5.74, 6) is 0.744. The van der Waals surface area contributed by atoms with Crippen molar-refractivity contribution in [3.63, 3.8) is 0 Å². The van der Waals surface area contributed by atoms with Crippen molar-refractivity contribution in [2.24, 2.45) is 7.05 Å². The first-order valence-electron chi connectivity index (χ1n) is 6.13. The SMILES string of the molecule is CCOc1cccc(C=CC(=O)c2cnn(C)c2)c1. The van der Waals surface area contributed by atoms with Crippen molar-refractivity contribution in [2.75, 3.05) is 6.61 Å². The first kappa shape index (κ1) is 13.1. The highest BCUT2D eigenvalue weighted by Gasteiger charge is 2.03. The number of aryl methyl sites for hydroxylation is 1. The Bertz CT molecular complexity index is 600. The van der Waals surface area contributed by atoms with Crippen molar-refractivity contribution in [3.05, 3.63) is 53.9 Å². The van der Waals surface area contributed by atoms with Crippen LogP contribution in [0.5, 0.6) is 5.75 Å². The molecule has 0 N–H and O–H groups in total. The number of hydrogen-bond donors (Lipinski definition) is 0. The van der Waals surface area contributed by atoms with Gasteiger partial charge in [0.2, 0.25) is 0 Å². The monoisotopic (exact) mass is 256 g/mol. The van der Waals surface area contributed by atoms with E-state index >= 15 is 0 Å². The Balaban J connectivity index is 2.09. The summed E-state index contributed by atoms with van der Waals surface area (Å²) in [7, 11) is 1.78. The fourth-order valence-electron chi connectivity index (χ4n) is 1.69. The molecule has 0 saturated carbocycles. The zero-order valence-corrected chi connectivity index (χ0v) is 11.0. The molecule has 2 rings (SSSR count). The molecule has 2 aromatic rings. The van der Waals surface area contributed by atoms with E-state index in [0.717, 1.165) is 11.3 Å². The predicted octanol–water partition coefficient (Wildman–Crippen LogP) is 2.71. The average molecular weight is 256 g/mol. The van der Waals surface area contributed by atoms with Gasteiger partial charge >= 0.3 is 0 Å². The van der Waals surface area contributed by atoms with Gasteiger partial charge in [0.05, 0.1) is 18.4 Å². The van der Waals surface area contributed by atoms with E-state index in [2.05, 4.69) is 5.10 Å². The third-order valence-electron chi connectivity index (χ3n) is 2.59. The van der Waals surface area contributed by atoms with Gasteiger partial charge in [-0.3, -0.25) is 9.48 Å². The summed E-state index contributed by atoms with van der Waals surface area (Å²) in [6.07, 6.45) is 6.58. The van der Waals surface area contributed by atoms with E-state index in [0.29, 0.717) is 12.2 Å². The van der Waals surface area contributed by atoms with E-state index < -0.39 is 0 Å². The normalized spacial score (nSPS) is 10.8. The van der Waals surface area contributed by atoms with Gasteiger partial charge in [-0.1, -0.05) is 18.2 Å². The molecular weight excluding hydrogens is 240 g/mol. The van der Waals surface area contributed by atoms with Gasteiger partial charge in [-0.05, 0) is 30.7 Å². The minimum atomic E-state index is -0.0603. The topological polar surface area (TPSA) is 44.1 Å². The second kappa shape index (κ2) is 6.00. The summed E-state index contributed by atoms with van der Waals surface area (Å²) in [5, 5.41) is 3.97. The Morgan fingerprint density at radius 1 is 1.47 bits per heavy atom. The van der Waals surface area contributed by atoms with E-state index in [1.54, 1.807) is 36.3 Å². The lowest BCUT2D eigenvalue weighted by Gasteiger charge is -2.02. The molecule has 4 nitrogen and oxygen atoms in total. The van der Waals surface area contributed by atoms with E-state index in [1.807, 2.05) is 31.2 Å². The van der Waals surface area contributed by atoms with Crippen LogP contribution in [0.2, 0.25) is 0 Å².